The second-order valence-electron chi connectivity index (χ2n) is 7.68. The lowest BCUT2D eigenvalue weighted by atomic mass is 10.2. The number of nitrogens with one attached hydrogen (secondary N) is 1. The molecule has 7 nitrogen and oxygen atoms in total. The summed E-state index contributed by atoms with van der Waals surface area (Å²) in [5, 5.41) is 4.55. The Bertz CT molecular complexity index is 1250. The highest BCUT2D eigenvalue weighted by atomic mass is 35.5. The Morgan fingerprint density at radius 3 is 2.62 bits per heavy atom. The average molecular weight is 494 g/mol. The molecule has 0 atom stereocenters. The first-order valence-corrected chi connectivity index (χ1v) is 11.8. The molecule has 1 aromatic heterocycles. The molecule has 4 rings (SSSR count). The van der Waals surface area contributed by atoms with Crippen molar-refractivity contribution in [2.24, 2.45) is 5.92 Å². The molecule has 2 aromatic carbocycles. The maximum atomic E-state index is 13.1. The first-order chi connectivity index (χ1) is 15.3. The molecular weight excluding hydrogens is 473 g/mol. The van der Waals surface area contributed by atoms with E-state index in [4.69, 9.17) is 32.7 Å². The van der Waals surface area contributed by atoms with E-state index < -0.39 is 0 Å². The molecule has 0 bridgehead atoms. The Labute approximate surface area is 199 Å². The number of benzene rings is 2. The molecule has 168 valence electrons. The van der Waals surface area contributed by atoms with E-state index in [1.54, 1.807) is 34.9 Å². The molecule has 0 saturated heterocycles. The summed E-state index contributed by atoms with van der Waals surface area (Å²) in [5.74, 6) is 1.07. The minimum Gasteiger partial charge on any atom is -0.486 e. The van der Waals surface area contributed by atoms with Crippen molar-refractivity contribution in [3.63, 3.8) is 0 Å². The Morgan fingerprint density at radius 1 is 1.19 bits per heavy atom. The highest BCUT2D eigenvalue weighted by Crippen LogP contribution is 2.38. The third-order valence-electron chi connectivity index (χ3n) is 4.67. The summed E-state index contributed by atoms with van der Waals surface area (Å²) in [6.07, 6.45) is 0. The average Bonchev–Trinajstić information content (AvgIpc) is 2.75. The number of nitrogens with zero attached hydrogens (tertiary/aromatic N) is 2. The summed E-state index contributed by atoms with van der Waals surface area (Å²) in [4.78, 5) is 30.3. The lowest BCUT2D eigenvalue weighted by molar-refractivity contribution is -0.113. The number of hydrogen-bond donors (Lipinski definition) is 1. The Balaban J connectivity index is 1.55. The monoisotopic (exact) mass is 493 g/mol. The van der Waals surface area contributed by atoms with Crippen LogP contribution in [0.2, 0.25) is 10.0 Å². The highest BCUT2D eigenvalue weighted by Gasteiger charge is 2.18. The molecule has 0 unspecified atom stereocenters. The van der Waals surface area contributed by atoms with Crippen LogP contribution >= 0.6 is 35.0 Å². The number of carbonyl (C=O) groups excluding carboxylic acids is 1. The number of ether oxygens (including phenoxy) is 2. The summed E-state index contributed by atoms with van der Waals surface area (Å²) >= 11 is 13.5. The van der Waals surface area contributed by atoms with Crippen LogP contribution in [0, 0.1) is 5.92 Å². The van der Waals surface area contributed by atoms with E-state index in [2.05, 4.69) is 10.3 Å². The quantitative estimate of drug-likeness (QED) is 0.389. The smallest absolute Gasteiger partial charge is 0.262 e. The van der Waals surface area contributed by atoms with Gasteiger partial charge in [0.2, 0.25) is 5.91 Å². The van der Waals surface area contributed by atoms with Crippen LogP contribution in [-0.2, 0) is 11.3 Å². The molecule has 0 saturated carbocycles. The van der Waals surface area contributed by atoms with E-state index in [9.17, 15) is 9.59 Å². The van der Waals surface area contributed by atoms with Gasteiger partial charge < -0.3 is 14.8 Å². The summed E-state index contributed by atoms with van der Waals surface area (Å²) in [7, 11) is 0. The van der Waals surface area contributed by atoms with E-state index >= 15 is 0 Å². The largest absolute Gasteiger partial charge is 0.486 e. The number of anilines is 1. The fraction of sp³-hybridized carbons (Fsp3) is 0.318. The van der Waals surface area contributed by atoms with Crippen molar-refractivity contribution in [2.45, 2.75) is 25.5 Å². The van der Waals surface area contributed by atoms with Crippen molar-refractivity contribution in [1.82, 2.24) is 9.55 Å². The highest BCUT2D eigenvalue weighted by molar-refractivity contribution is 7.99. The van der Waals surface area contributed by atoms with Crippen LogP contribution in [0.1, 0.15) is 13.8 Å². The predicted octanol–water partition coefficient (Wildman–Crippen LogP) is 4.86. The molecule has 3 aromatic rings. The number of rotatable bonds is 6. The first kappa shape index (κ1) is 22.8. The maximum absolute atomic E-state index is 13.1. The molecule has 0 fully saturated rings. The Hall–Kier alpha value is -2.42. The summed E-state index contributed by atoms with van der Waals surface area (Å²) in [5.41, 5.74) is 0.795. The lowest BCUT2D eigenvalue weighted by Gasteiger charge is -2.20. The molecule has 32 heavy (non-hydrogen) atoms. The molecule has 1 aliphatic rings. The van der Waals surface area contributed by atoms with Gasteiger partial charge in [0.25, 0.3) is 5.56 Å². The standard InChI is InChI=1S/C22H21Cl2N3O4S/c1-12(2)10-27-21(29)14-7-13(23)3-4-16(14)26-22(27)32-11-20(28)25-17-9-19-18(8-15(17)24)30-5-6-31-19/h3-4,7-9,12H,5-6,10-11H2,1-2H3,(H,25,28). The summed E-state index contributed by atoms with van der Waals surface area (Å²) < 4.78 is 12.6. The van der Waals surface area contributed by atoms with Crippen molar-refractivity contribution in [3.8, 4) is 11.5 Å². The van der Waals surface area contributed by atoms with Gasteiger partial charge in [-0.3, -0.25) is 14.2 Å². The van der Waals surface area contributed by atoms with Crippen molar-refractivity contribution < 1.29 is 14.3 Å². The number of aromatic nitrogens is 2. The van der Waals surface area contributed by atoms with Gasteiger partial charge in [-0.15, -0.1) is 0 Å². The molecule has 1 N–H and O–H groups in total. The fourth-order valence-electron chi connectivity index (χ4n) is 3.29. The number of amides is 1. The number of thioether (sulfide) groups is 1. The minimum atomic E-state index is -0.282. The molecule has 10 heteroatoms. The zero-order valence-electron chi connectivity index (χ0n) is 17.5. The van der Waals surface area contributed by atoms with Gasteiger partial charge in [-0.25, -0.2) is 4.98 Å². The summed E-state index contributed by atoms with van der Waals surface area (Å²) in [6.45, 7) is 5.39. The number of fused-ring (bicyclic) bond motifs is 2. The van der Waals surface area contributed by atoms with E-state index in [0.29, 0.717) is 63.0 Å². The number of halogens is 2. The zero-order chi connectivity index (χ0) is 22.8. The van der Waals surface area contributed by atoms with Crippen molar-refractivity contribution in [3.05, 3.63) is 50.7 Å². The van der Waals surface area contributed by atoms with Gasteiger partial charge >= 0.3 is 0 Å². The van der Waals surface area contributed by atoms with E-state index in [0.717, 1.165) is 0 Å². The van der Waals surface area contributed by atoms with E-state index in [1.807, 2.05) is 13.8 Å². The van der Waals surface area contributed by atoms with Crippen LogP contribution < -0.4 is 20.3 Å². The van der Waals surface area contributed by atoms with Gasteiger partial charge in [-0.05, 0) is 24.1 Å². The topological polar surface area (TPSA) is 82.5 Å². The van der Waals surface area contributed by atoms with E-state index in [1.165, 1.54) is 11.8 Å². The van der Waals surface area contributed by atoms with Crippen LogP contribution in [0.3, 0.4) is 0 Å². The molecule has 1 aliphatic heterocycles. The van der Waals surface area contributed by atoms with Crippen LogP contribution in [0.25, 0.3) is 10.9 Å². The Morgan fingerprint density at radius 2 is 1.91 bits per heavy atom. The maximum Gasteiger partial charge on any atom is 0.262 e. The normalized spacial score (nSPS) is 12.9. The van der Waals surface area contributed by atoms with Crippen LogP contribution in [0.4, 0.5) is 5.69 Å². The van der Waals surface area contributed by atoms with Crippen molar-refractivity contribution in [1.29, 1.82) is 0 Å². The van der Waals surface area contributed by atoms with Crippen molar-refractivity contribution in [2.75, 3.05) is 24.3 Å². The third kappa shape index (κ3) is 4.98. The zero-order valence-corrected chi connectivity index (χ0v) is 19.8. The van der Waals surface area contributed by atoms with Gasteiger partial charge in [0, 0.05) is 23.7 Å². The fourth-order valence-corrected chi connectivity index (χ4v) is 4.47. The van der Waals surface area contributed by atoms with Gasteiger partial charge in [-0.2, -0.15) is 0 Å². The SMILES string of the molecule is CC(C)Cn1c(SCC(=O)Nc2cc3c(cc2Cl)OCCO3)nc2ccc(Cl)cc2c1=O. The molecule has 0 spiro atoms. The predicted molar refractivity (Wildman–Crippen MR) is 128 cm³/mol. The van der Waals surface area contributed by atoms with Gasteiger partial charge in [-0.1, -0.05) is 48.8 Å². The molecule has 0 aliphatic carbocycles. The molecule has 0 radical (unpaired) electrons. The van der Waals surface area contributed by atoms with Gasteiger partial charge in [0.1, 0.15) is 13.2 Å². The molecule has 1 amide bonds. The van der Waals surface area contributed by atoms with Crippen molar-refractivity contribution >= 4 is 57.5 Å². The summed E-state index contributed by atoms with van der Waals surface area (Å²) in [6, 6.07) is 8.28. The first-order valence-electron chi connectivity index (χ1n) is 10.0. The van der Waals surface area contributed by atoms with Crippen LogP contribution in [0.5, 0.6) is 11.5 Å². The lowest BCUT2D eigenvalue weighted by Crippen LogP contribution is -2.26. The number of hydrogen-bond acceptors (Lipinski definition) is 6. The second-order valence-corrected chi connectivity index (χ2v) is 9.46. The minimum absolute atomic E-state index is 0.0500. The number of carbonyl (C=O) groups is 1. The van der Waals surface area contributed by atoms with E-state index in [-0.39, 0.29) is 23.1 Å². The van der Waals surface area contributed by atoms with Gasteiger partial charge in [0.05, 0.1) is 27.4 Å². The third-order valence-corrected chi connectivity index (χ3v) is 6.19. The molecular formula is C22H21Cl2N3O4S. The molecule has 2 heterocycles. The Kier molecular flexibility index (Phi) is 6.83. The second kappa shape index (κ2) is 9.60. The van der Waals surface area contributed by atoms with Gasteiger partial charge in [0.15, 0.2) is 16.7 Å². The van der Waals surface area contributed by atoms with Crippen LogP contribution in [-0.4, -0.2) is 34.4 Å². The van der Waals surface area contributed by atoms with Crippen LogP contribution in [0.15, 0.2) is 40.3 Å².